The van der Waals surface area contributed by atoms with Crippen LogP contribution < -0.4 is 0 Å². The van der Waals surface area contributed by atoms with Crippen LogP contribution in [-0.4, -0.2) is 85.8 Å². The average molecular weight is 569 g/mol. The van der Waals surface area contributed by atoms with Crippen LogP contribution in [-0.2, 0) is 66.7 Å². The van der Waals surface area contributed by atoms with Crippen LogP contribution in [0.15, 0.2) is 23.5 Å². The molecule has 220 valence electrons. The van der Waals surface area contributed by atoms with Gasteiger partial charge in [-0.2, -0.15) is 0 Å². The standard InChI is InChI=1S/C26H32O14/c1-11-7-18(35-13(3)29)21-17(8-27)9-34-25(20(11)21)40-26-24(38-16(6)32)23(37-15(5)31)22(36-14(4)30)19(39-26)10-33-12(2)28/h7-9,18-26H,10H2,1-6H3/t18-,19-,20+,21-,22-,23+,24-,25-,26+/m1/s1. The first-order chi connectivity index (χ1) is 18.8. The molecular weight excluding hydrogens is 536 g/mol. The van der Waals surface area contributed by atoms with Gasteiger partial charge < -0.3 is 37.9 Å². The van der Waals surface area contributed by atoms with Gasteiger partial charge in [-0.15, -0.1) is 0 Å². The summed E-state index contributed by atoms with van der Waals surface area (Å²) in [7, 11) is 0. The van der Waals surface area contributed by atoms with Crippen LogP contribution in [0.5, 0.6) is 0 Å². The van der Waals surface area contributed by atoms with Crippen molar-refractivity contribution in [2.24, 2.45) is 11.8 Å². The van der Waals surface area contributed by atoms with Gasteiger partial charge in [0, 0.05) is 46.1 Å². The molecule has 0 aromatic rings. The van der Waals surface area contributed by atoms with E-state index in [1.165, 1.54) is 13.2 Å². The quantitative estimate of drug-likeness (QED) is 0.164. The second-order valence-electron chi connectivity index (χ2n) is 9.48. The van der Waals surface area contributed by atoms with Crippen LogP contribution in [0.25, 0.3) is 0 Å². The lowest BCUT2D eigenvalue weighted by molar-refractivity contribution is -0.342. The van der Waals surface area contributed by atoms with Crippen molar-refractivity contribution in [3.63, 3.8) is 0 Å². The van der Waals surface area contributed by atoms with E-state index in [4.69, 9.17) is 37.9 Å². The molecule has 40 heavy (non-hydrogen) atoms. The van der Waals surface area contributed by atoms with Crippen LogP contribution in [0.3, 0.4) is 0 Å². The zero-order chi connectivity index (χ0) is 29.7. The van der Waals surface area contributed by atoms with E-state index < -0.39 is 91.4 Å². The van der Waals surface area contributed by atoms with Gasteiger partial charge >= 0.3 is 29.8 Å². The van der Waals surface area contributed by atoms with Gasteiger partial charge in [0.2, 0.25) is 12.6 Å². The Balaban J connectivity index is 2.00. The van der Waals surface area contributed by atoms with Crippen molar-refractivity contribution in [3.8, 4) is 0 Å². The summed E-state index contributed by atoms with van der Waals surface area (Å²) in [6, 6.07) is 0. The molecule has 0 N–H and O–H groups in total. The minimum absolute atomic E-state index is 0.228. The molecule has 2 aliphatic heterocycles. The molecular formula is C26H32O14. The Labute approximate surface area is 229 Å². The third kappa shape index (κ3) is 7.24. The number of fused-ring (bicyclic) bond motifs is 1. The van der Waals surface area contributed by atoms with Gasteiger partial charge in [0.05, 0.1) is 12.2 Å². The molecule has 0 bridgehead atoms. The van der Waals surface area contributed by atoms with Gasteiger partial charge in [0.1, 0.15) is 25.1 Å². The summed E-state index contributed by atoms with van der Waals surface area (Å²) in [5.74, 6) is -4.86. The number of hydrogen-bond acceptors (Lipinski definition) is 14. The first-order valence-electron chi connectivity index (χ1n) is 12.4. The number of aldehydes is 1. The lowest BCUT2D eigenvalue weighted by Crippen LogP contribution is -2.63. The monoisotopic (exact) mass is 568 g/mol. The summed E-state index contributed by atoms with van der Waals surface area (Å²) < 4.78 is 44.5. The molecule has 1 aliphatic carbocycles. The summed E-state index contributed by atoms with van der Waals surface area (Å²) >= 11 is 0. The summed E-state index contributed by atoms with van der Waals surface area (Å²) in [5, 5.41) is 0. The molecule has 14 heteroatoms. The molecule has 0 amide bonds. The second kappa shape index (κ2) is 13.0. The third-order valence-corrected chi connectivity index (χ3v) is 6.36. The SMILES string of the molecule is CC(=O)OC[C@H]1O[C@@H](O[C@H]2OC=C(C=O)[C@H]3[C@@H]2C(C)=C[C@H]3OC(C)=O)[C@H](OC(C)=O)[C@@H](OC(C)=O)[C@@H]1OC(C)=O. The molecule has 0 radical (unpaired) electrons. The molecule has 0 aromatic carbocycles. The van der Waals surface area contributed by atoms with Crippen molar-refractivity contribution in [1.29, 1.82) is 0 Å². The highest BCUT2D eigenvalue weighted by atomic mass is 16.8. The van der Waals surface area contributed by atoms with Crippen molar-refractivity contribution in [3.05, 3.63) is 23.5 Å². The number of rotatable bonds is 9. The Hall–Kier alpha value is -3.78. The van der Waals surface area contributed by atoms with Gasteiger partial charge in [0.15, 0.2) is 18.3 Å². The molecule has 1 fully saturated rings. The highest BCUT2D eigenvalue weighted by Crippen LogP contribution is 2.45. The summed E-state index contributed by atoms with van der Waals surface area (Å²) in [5.41, 5.74) is 0.907. The van der Waals surface area contributed by atoms with E-state index in [9.17, 15) is 28.8 Å². The molecule has 0 spiro atoms. The fourth-order valence-corrected chi connectivity index (χ4v) is 5.00. The minimum atomic E-state index is -1.50. The lowest BCUT2D eigenvalue weighted by atomic mass is 9.83. The molecule has 14 nitrogen and oxygen atoms in total. The van der Waals surface area contributed by atoms with Crippen molar-refractivity contribution in [2.45, 2.75) is 84.6 Å². The van der Waals surface area contributed by atoms with Gasteiger partial charge in [-0.25, -0.2) is 0 Å². The number of esters is 5. The Morgan fingerprint density at radius 2 is 1.35 bits per heavy atom. The van der Waals surface area contributed by atoms with Gasteiger partial charge in [-0.1, -0.05) is 5.57 Å². The lowest BCUT2D eigenvalue weighted by Gasteiger charge is -2.45. The molecule has 9 atom stereocenters. The van der Waals surface area contributed by atoms with Gasteiger partial charge in [0.25, 0.3) is 0 Å². The van der Waals surface area contributed by atoms with Gasteiger partial charge in [-0.3, -0.25) is 28.8 Å². The van der Waals surface area contributed by atoms with Crippen LogP contribution in [0, 0.1) is 11.8 Å². The summed E-state index contributed by atoms with van der Waals surface area (Å²) in [4.78, 5) is 71.1. The predicted octanol–water partition coefficient (Wildman–Crippen LogP) is 0.649. The van der Waals surface area contributed by atoms with Crippen molar-refractivity contribution in [2.75, 3.05) is 6.61 Å². The Kier molecular flexibility index (Phi) is 10.0. The van der Waals surface area contributed by atoms with Crippen molar-refractivity contribution < 1.29 is 66.7 Å². The summed E-state index contributed by atoms with van der Waals surface area (Å²) in [6.45, 7) is 7.02. The van der Waals surface area contributed by atoms with Crippen molar-refractivity contribution in [1.82, 2.24) is 0 Å². The van der Waals surface area contributed by atoms with E-state index in [0.29, 0.717) is 11.9 Å². The maximum Gasteiger partial charge on any atom is 0.303 e. The molecule has 1 saturated heterocycles. The first-order valence-corrected chi connectivity index (χ1v) is 12.4. The number of carbonyl (C=O) groups excluding carboxylic acids is 6. The number of carbonyl (C=O) groups is 6. The zero-order valence-electron chi connectivity index (χ0n) is 22.9. The second-order valence-corrected chi connectivity index (χ2v) is 9.48. The average Bonchev–Trinajstić information content (AvgIpc) is 3.16. The topological polar surface area (TPSA) is 176 Å². The van der Waals surface area contributed by atoms with Crippen LogP contribution in [0.4, 0.5) is 0 Å². The maximum atomic E-state index is 12.1. The molecule has 0 unspecified atom stereocenters. The normalized spacial score (nSPS) is 32.7. The third-order valence-electron chi connectivity index (χ3n) is 6.36. The summed E-state index contributed by atoms with van der Waals surface area (Å²) in [6.07, 6.45) is -5.47. The van der Waals surface area contributed by atoms with Crippen molar-refractivity contribution >= 4 is 36.1 Å². The van der Waals surface area contributed by atoms with E-state index in [1.807, 2.05) is 0 Å². The van der Waals surface area contributed by atoms with Crippen LogP contribution >= 0.6 is 0 Å². The fourth-order valence-electron chi connectivity index (χ4n) is 5.00. The molecule has 0 saturated carbocycles. The Bertz CT molecular complexity index is 1090. The first kappa shape index (κ1) is 30.8. The molecule has 3 aliphatic rings. The number of ether oxygens (including phenoxy) is 8. The maximum absolute atomic E-state index is 12.1. The van der Waals surface area contributed by atoms with E-state index in [-0.39, 0.29) is 5.57 Å². The van der Waals surface area contributed by atoms with E-state index in [0.717, 1.165) is 27.7 Å². The molecule has 0 aromatic heterocycles. The highest BCUT2D eigenvalue weighted by molar-refractivity contribution is 5.75. The zero-order valence-corrected chi connectivity index (χ0v) is 22.9. The van der Waals surface area contributed by atoms with E-state index >= 15 is 0 Å². The predicted molar refractivity (Wildman–Crippen MR) is 128 cm³/mol. The van der Waals surface area contributed by atoms with Crippen LogP contribution in [0.1, 0.15) is 41.5 Å². The highest BCUT2D eigenvalue weighted by Gasteiger charge is 2.55. The Morgan fingerprint density at radius 3 is 1.90 bits per heavy atom. The Morgan fingerprint density at radius 1 is 0.775 bits per heavy atom. The number of hydrogen-bond donors (Lipinski definition) is 0. The minimum Gasteiger partial charge on any atom is -0.471 e. The molecule has 2 heterocycles. The van der Waals surface area contributed by atoms with Gasteiger partial charge in [-0.05, 0) is 13.0 Å². The largest absolute Gasteiger partial charge is 0.471 e. The van der Waals surface area contributed by atoms with E-state index in [2.05, 4.69) is 0 Å². The smallest absolute Gasteiger partial charge is 0.303 e. The van der Waals surface area contributed by atoms with E-state index in [1.54, 1.807) is 13.0 Å². The van der Waals surface area contributed by atoms with Crippen LogP contribution in [0.2, 0.25) is 0 Å². The molecule has 3 rings (SSSR count). The fraction of sp³-hybridized carbons (Fsp3) is 0.615.